The summed E-state index contributed by atoms with van der Waals surface area (Å²) < 4.78 is 5.41. The quantitative estimate of drug-likeness (QED) is 0.903. The van der Waals surface area contributed by atoms with Crippen LogP contribution < -0.4 is 15.0 Å². The maximum atomic E-state index is 12.0. The first-order chi connectivity index (χ1) is 11.6. The van der Waals surface area contributed by atoms with Crippen LogP contribution in [0.25, 0.3) is 0 Å². The summed E-state index contributed by atoms with van der Waals surface area (Å²) in [7, 11) is 0. The molecule has 0 aromatic heterocycles. The van der Waals surface area contributed by atoms with Crippen LogP contribution in [-0.4, -0.2) is 25.0 Å². The molecule has 1 fully saturated rings. The van der Waals surface area contributed by atoms with Crippen molar-refractivity contribution in [2.45, 2.75) is 12.8 Å². The van der Waals surface area contributed by atoms with Crippen molar-refractivity contribution >= 4 is 34.8 Å². The number of carbonyl (C=O) groups excluding carboxylic acids is 2. The van der Waals surface area contributed by atoms with E-state index in [1.807, 2.05) is 12.1 Å². The van der Waals surface area contributed by atoms with Crippen LogP contribution in [0.1, 0.15) is 12.8 Å². The Morgan fingerprint density at radius 2 is 2.04 bits per heavy atom. The number of amides is 2. The van der Waals surface area contributed by atoms with E-state index in [1.54, 1.807) is 41.3 Å². The van der Waals surface area contributed by atoms with Gasteiger partial charge < -0.3 is 15.0 Å². The molecule has 124 valence electrons. The Morgan fingerprint density at radius 1 is 1.21 bits per heavy atom. The van der Waals surface area contributed by atoms with E-state index in [0.717, 1.165) is 12.1 Å². The van der Waals surface area contributed by atoms with Gasteiger partial charge in [-0.3, -0.25) is 9.59 Å². The van der Waals surface area contributed by atoms with E-state index in [1.165, 1.54) is 0 Å². The van der Waals surface area contributed by atoms with Crippen LogP contribution in [0.2, 0.25) is 5.02 Å². The van der Waals surface area contributed by atoms with E-state index < -0.39 is 0 Å². The SMILES string of the molecule is O=C(COc1cccc(Cl)c1)Nc1cccc(N2CCCC2=O)c1. The van der Waals surface area contributed by atoms with E-state index in [0.29, 0.717) is 29.4 Å². The van der Waals surface area contributed by atoms with Gasteiger partial charge in [0, 0.05) is 29.4 Å². The molecule has 24 heavy (non-hydrogen) atoms. The molecule has 1 heterocycles. The number of benzene rings is 2. The highest BCUT2D eigenvalue weighted by Gasteiger charge is 2.21. The maximum absolute atomic E-state index is 12.0. The average Bonchev–Trinajstić information content (AvgIpc) is 2.99. The molecule has 1 N–H and O–H groups in total. The molecule has 2 aromatic carbocycles. The van der Waals surface area contributed by atoms with Crippen molar-refractivity contribution < 1.29 is 14.3 Å². The Balaban J connectivity index is 1.59. The van der Waals surface area contributed by atoms with Crippen LogP contribution in [0.3, 0.4) is 0 Å². The van der Waals surface area contributed by atoms with Crippen LogP contribution in [0.5, 0.6) is 5.75 Å². The van der Waals surface area contributed by atoms with Gasteiger partial charge in [-0.1, -0.05) is 23.7 Å². The molecule has 1 aliphatic heterocycles. The van der Waals surface area contributed by atoms with Gasteiger partial charge in [0.2, 0.25) is 5.91 Å². The fraction of sp³-hybridized carbons (Fsp3) is 0.222. The predicted molar refractivity (Wildman–Crippen MR) is 93.6 cm³/mol. The number of nitrogens with one attached hydrogen (secondary N) is 1. The van der Waals surface area contributed by atoms with Gasteiger partial charge in [-0.2, -0.15) is 0 Å². The van der Waals surface area contributed by atoms with Gasteiger partial charge in [-0.25, -0.2) is 0 Å². The van der Waals surface area contributed by atoms with Crippen molar-refractivity contribution in [2.75, 3.05) is 23.4 Å². The molecule has 0 bridgehead atoms. The van der Waals surface area contributed by atoms with E-state index in [2.05, 4.69) is 5.32 Å². The first kappa shape index (κ1) is 16.3. The van der Waals surface area contributed by atoms with Crippen molar-refractivity contribution in [3.05, 3.63) is 53.6 Å². The zero-order valence-corrected chi connectivity index (χ0v) is 13.8. The molecule has 6 heteroatoms. The summed E-state index contributed by atoms with van der Waals surface area (Å²) in [6.07, 6.45) is 1.44. The molecular formula is C18H17ClN2O3. The average molecular weight is 345 g/mol. The molecule has 2 amide bonds. The Bertz CT molecular complexity index is 763. The fourth-order valence-corrected chi connectivity index (χ4v) is 2.76. The Kier molecular flexibility index (Phi) is 5.01. The van der Waals surface area contributed by atoms with E-state index in [-0.39, 0.29) is 18.4 Å². The lowest BCUT2D eigenvalue weighted by Crippen LogP contribution is -2.24. The second kappa shape index (κ2) is 7.36. The minimum atomic E-state index is -0.278. The molecule has 2 aromatic rings. The first-order valence-electron chi connectivity index (χ1n) is 7.70. The van der Waals surface area contributed by atoms with Gasteiger partial charge in [0.25, 0.3) is 5.91 Å². The third-order valence-corrected chi connectivity index (χ3v) is 3.92. The van der Waals surface area contributed by atoms with Crippen molar-refractivity contribution in [1.29, 1.82) is 0 Å². The van der Waals surface area contributed by atoms with Crippen LogP contribution in [-0.2, 0) is 9.59 Å². The number of rotatable bonds is 5. The lowest BCUT2D eigenvalue weighted by molar-refractivity contribution is -0.118. The van der Waals surface area contributed by atoms with Crippen molar-refractivity contribution in [3.63, 3.8) is 0 Å². The maximum Gasteiger partial charge on any atom is 0.262 e. The van der Waals surface area contributed by atoms with Gasteiger partial charge in [0.1, 0.15) is 5.75 Å². The number of halogens is 1. The van der Waals surface area contributed by atoms with Crippen LogP contribution in [0, 0.1) is 0 Å². The number of nitrogens with zero attached hydrogens (tertiary/aromatic N) is 1. The number of hydrogen-bond acceptors (Lipinski definition) is 3. The summed E-state index contributed by atoms with van der Waals surface area (Å²) in [4.78, 5) is 25.6. The van der Waals surface area contributed by atoms with E-state index in [4.69, 9.17) is 16.3 Å². The standard InChI is InChI=1S/C18H17ClN2O3/c19-13-4-1-7-16(10-13)24-12-17(22)20-14-5-2-6-15(11-14)21-9-3-8-18(21)23/h1-2,4-7,10-11H,3,8-9,12H2,(H,20,22). The summed E-state index contributed by atoms with van der Waals surface area (Å²) in [6.45, 7) is 0.599. The van der Waals surface area contributed by atoms with Crippen molar-refractivity contribution in [3.8, 4) is 5.75 Å². The smallest absolute Gasteiger partial charge is 0.262 e. The first-order valence-corrected chi connectivity index (χ1v) is 8.08. The van der Waals surface area contributed by atoms with Gasteiger partial charge in [0.15, 0.2) is 6.61 Å². The minimum absolute atomic E-state index is 0.114. The molecular weight excluding hydrogens is 328 g/mol. The van der Waals surface area contributed by atoms with Crippen molar-refractivity contribution in [1.82, 2.24) is 0 Å². The predicted octanol–water partition coefficient (Wildman–Crippen LogP) is 3.48. The lowest BCUT2D eigenvalue weighted by Gasteiger charge is -2.16. The summed E-state index contributed by atoms with van der Waals surface area (Å²) in [6, 6.07) is 14.1. The molecule has 5 nitrogen and oxygen atoms in total. The van der Waals surface area contributed by atoms with Crippen LogP contribution in [0.4, 0.5) is 11.4 Å². The third-order valence-electron chi connectivity index (χ3n) is 3.68. The van der Waals surface area contributed by atoms with Crippen LogP contribution >= 0.6 is 11.6 Å². The normalized spacial score (nSPS) is 13.9. The topological polar surface area (TPSA) is 58.6 Å². The molecule has 3 rings (SSSR count). The summed E-state index contributed by atoms with van der Waals surface area (Å²) >= 11 is 5.87. The van der Waals surface area contributed by atoms with E-state index in [9.17, 15) is 9.59 Å². The van der Waals surface area contributed by atoms with Gasteiger partial charge in [-0.15, -0.1) is 0 Å². The number of ether oxygens (including phenoxy) is 1. The molecule has 0 aliphatic carbocycles. The summed E-state index contributed by atoms with van der Waals surface area (Å²) in [5.74, 6) is 0.372. The van der Waals surface area contributed by atoms with Gasteiger partial charge in [-0.05, 0) is 42.8 Å². The number of carbonyl (C=O) groups is 2. The van der Waals surface area contributed by atoms with E-state index >= 15 is 0 Å². The molecule has 1 saturated heterocycles. The largest absolute Gasteiger partial charge is 0.484 e. The monoisotopic (exact) mass is 344 g/mol. The van der Waals surface area contributed by atoms with Crippen LogP contribution in [0.15, 0.2) is 48.5 Å². The Morgan fingerprint density at radius 3 is 2.79 bits per heavy atom. The summed E-state index contributed by atoms with van der Waals surface area (Å²) in [5, 5.41) is 3.32. The summed E-state index contributed by atoms with van der Waals surface area (Å²) in [5.41, 5.74) is 1.43. The highest BCUT2D eigenvalue weighted by Crippen LogP contribution is 2.24. The second-order valence-corrected chi connectivity index (χ2v) is 5.93. The third kappa shape index (κ3) is 4.06. The zero-order valence-electron chi connectivity index (χ0n) is 13.0. The Labute approximate surface area is 145 Å². The fourth-order valence-electron chi connectivity index (χ4n) is 2.58. The zero-order chi connectivity index (χ0) is 16.9. The molecule has 0 atom stereocenters. The molecule has 0 unspecified atom stereocenters. The molecule has 0 spiro atoms. The molecule has 0 radical (unpaired) electrons. The van der Waals surface area contributed by atoms with Crippen molar-refractivity contribution in [2.24, 2.45) is 0 Å². The molecule has 1 aliphatic rings. The lowest BCUT2D eigenvalue weighted by atomic mass is 10.2. The molecule has 0 saturated carbocycles. The van der Waals surface area contributed by atoms with Gasteiger partial charge in [0.05, 0.1) is 0 Å². The minimum Gasteiger partial charge on any atom is -0.484 e. The number of anilines is 2. The highest BCUT2D eigenvalue weighted by atomic mass is 35.5. The number of hydrogen-bond donors (Lipinski definition) is 1. The Hall–Kier alpha value is -2.53. The second-order valence-electron chi connectivity index (χ2n) is 5.49. The van der Waals surface area contributed by atoms with Gasteiger partial charge >= 0.3 is 0 Å². The highest BCUT2D eigenvalue weighted by molar-refractivity contribution is 6.30.